The molecule has 3 aromatic rings. The van der Waals surface area contributed by atoms with E-state index in [4.69, 9.17) is 9.47 Å². The fraction of sp³-hybridized carbons (Fsp3) is 0.0556. The van der Waals surface area contributed by atoms with Gasteiger partial charge < -0.3 is 9.47 Å². The minimum atomic E-state index is 0.501. The maximum absolute atomic E-state index is 5.71. The number of rotatable bonds is 5. The van der Waals surface area contributed by atoms with E-state index >= 15 is 0 Å². The number of halogens is 1. The summed E-state index contributed by atoms with van der Waals surface area (Å²) in [6, 6.07) is 21.3. The van der Waals surface area contributed by atoms with Crippen LogP contribution in [-0.2, 0) is 6.61 Å². The highest BCUT2D eigenvalue weighted by Crippen LogP contribution is 2.23. The minimum Gasteiger partial charge on any atom is -0.473 e. The van der Waals surface area contributed by atoms with Crippen molar-refractivity contribution in [2.45, 2.75) is 6.61 Å². The van der Waals surface area contributed by atoms with E-state index in [1.165, 1.54) is 0 Å². The summed E-state index contributed by atoms with van der Waals surface area (Å²) >= 11 is 3.39. The molecule has 2 aromatic carbocycles. The highest BCUT2D eigenvalue weighted by atomic mass is 79.9. The highest BCUT2D eigenvalue weighted by Gasteiger charge is 2.00. The standard InChI is InChI=1S/C18H14BrNO2/c19-15-6-8-16(9-7-15)22-17-10-11-18(20-12-17)21-13-14-4-2-1-3-5-14/h1-12H,13H2. The van der Waals surface area contributed by atoms with Crippen LogP contribution in [0.1, 0.15) is 5.56 Å². The Balaban J connectivity index is 1.59. The number of hydrogen-bond acceptors (Lipinski definition) is 3. The first kappa shape index (κ1) is 14.6. The molecule has 4 heteroatoms. The van der Waals surface area contributed by atoms with Gasteiger partial charge in [-0.25, -0.2) is 4.98 Å². The van der Waals surface area contributed by atoms with Crippen LogP contribution in [0.25, 0.3) is 0 Å². The highest BCUT2D eigenvalue weighted by molar-refractivity contribution is 9.10. The Morgan fingerprint density at radius 1 is 0.818 bits per heavy atom. The Morgan fingerprint density at radius 2 is 1.55 bits per heavy atom. The molecule has 0 unspecified atom stereocenters. The summed E-state index contributed by atoms with van der Waals surface area (Å²) in [6.45, 7) is 0.501. The minimum absolute atomic E-state index is 0.501. The van der Waals surface area contributed by atoms with Crippen molar-refractivity contribution in [3.63, 3.8) is 0 Å². The third-order valence-electron chi connectivity index (χ3n) is 2.99. The largest absolute Gasteiger partial charge is 0.473 e. The molecule has 0 aliphatic carbocycles. The molecule has 22 heavy (non-hydrogen) atoms. The lowest BCUT2D eigenvalue weighted by Gasteiger charge is -2.08. The molecular weight excluding hydrogens is 342 g/mol. The number of ether oxygens (including phenoxy) is 2. The third-order valence-corrected chi connectivity index (χ3v) is 3.52. The Labute approximate surface area is 137 Å². The Bertz CT molecular complexity index is 712. The zero-order chi connectivity index (χ0) is 15.2. The van der Waals surface area contributed by atoms with Crippen LogP contribution in [0, 0.1) is 0 Å². The average molecular weight is 356 g/mol. The number of benzene rings is 2. The van der Waals surface area contributed by atoms with E-state index in [0.29, 0.717) is 18.2 Å². The summed E-state index contributed by atoms with van der Waals surface area (Å²) in [5.74, 6) is 2.02. The van der Waals surface area contributed by atoms with Crippen molar-refractivity contribution in [2.24, 2.45) is 0 Å². The topological polar surface area (TPSA) is 31.4 Å². The van der Waals surface area contributed by atoms with E-state index in [0.717, 1.165) is 15.8 Å². The van der Waals surface area contributed by atoms with Gasteiger partial charge in [0.05, 0.1) is 6.20 Å². The number of nitrogens with zero attached hydrogens (tertiary/aromatic N) is 1. The SMILES string of the molecule is Brc1ccc(Oc2ccc(OCc3ccccc3)nc2)cc1. The first-order chi connectivity index (χ1) is 10.8. The molecule has 0 N–H and O–H groups in total. The normalized spacial score (nSPS) is 10.2. The van der Waals surface area contributed by atoms with E-state index in [1.54, 1.807) is 12.3 Å². The molecule has 0 aliphatic rings. The van der Waals surface area contributed by atoms with Gasteiger partial charge >= 0.3 is 0 Å². The lowest BCUT2D eigenvalue weighted by atomic mass is 10.2. The quantitative estimate of drug-likeness (QED) is 0.628. The molecule has 0 atom stereocenters. The van der Waals surface area contributed by atoms with E-state index in [9.17, 15) is 0 Å². The molecule has 0 bridgehead atoms. The van der Waals surface area contributed by atoms with Gasteiger partial charge in [-0.3, -0.25) is 0 Å². The predicted molar refractivity (Wildman–Crippen MR) is 89.2 cm³/mol. The van der Waals surface area contributed by atoms with Crippen LogP contribution in [0.4, 0.5) is 0 Å². The summed E-state index contributed by atoms with van der Waals surface area (Å²) in [5, 5.41) is 0. The monoisotopic (exact) mass is 355 g/mol. The second-order valence-corrected chi connectivity index (χ2v) is 5.58. The van der Waals surface area contributed by atoms with Crippen molar-refractivity contribution in [2.75, 3.05) is 0 Å². The van der Waals surface area contributed by atoms with E-state index in [2.05, 4.69) is 20.9 Å². The van der Waals surface area contributed by atoms with Gasteiger partial charge in [0.2, 0.25) is 5.88 Å². The first-order valence-electron chi connectivity index (χ1n) is 6.86. The summed E-state index contributed by atoms with van der Waals surface area (Å²) < 4.78 is 12.4. The van der Waals surface area contributed by atoms with Crippen molar-refractivity contribution < 1.29 is 9.47 Å². The van der Waals surface area contributed by atoms with Gasteiger partial charge in [0.25, 0.3) is 0 Å². The van der Waals surface area contributed by atoms with Crippen LogP contribution in [0.15, 0.2) is 77.4 Å². The van der Waals surface area contributed by atoms with Crippen LogP contribution in [-0.4, -0.2) is 4.98 Å². The van der Waals surface area contributed by atoms with E-state index < -0.39 is 0 Å². The molecule has 1 aromatic heterocycles. The second kappa shape index (κ2) is 7.09. The third kappa shape index (κ3) is 4.09. The predicted octanol–water partition coefficient (Wildman–Crippen LogP) is 5.22. The summed E-state index contributed by atoms with van der Waals surface area (Å²) in [5.41, 5.74) is 1.11. The maximum atomic E-state index is 5.71. The molecule has 0 saturated carbocycles. The zero-order valence-electron chi connectivity index (χ0n) is 11.8. The van der Waals surface area contributed by atoms with Crippen molar-refractivity contribution in [3.05, 3.63) is 83.0 Å². The fourth-order valence-corrected chi connectivity index (χ4v) is 2.15. The smallest absolute Gasteiger partial charge is 0.213 e. The number of pyridine rings is 1. The summed E-state index contributed by atoms with van der Waals surface area (Å²) in [4.78, 5) is 4.25. The fourth-order valence-electron chi connectivity index (χ4n) is 1.88. The zero-order valence-corrected chi connectivity index (χ0v) is 13.4. The van der Waals surface area contributed by atoms with Gasteiger partial charge in [0, 0.05) is 10.5 Å². The van der Waals surface area contributed by atoms with E-state index in [-0.39, 0.29) is 0 Å². The van der Waals surface area contributed by atoms with Crippen molar-refractivity contribution in [1.82, 2.24) is 4.98 Å². The lowest BCUT2D eigenvalue weighted by molar-refractivity contribution is 0.293. The van der Waals surface area contributed by atoms with Crippen molar-refractivity contribution >= 4 is 15.9 Å². The molecule has 0 spiro atoms. The van der Waals surface area contributed by atoms with Gasteiger partial charge in [-0.1, -0.05) is 46.3 Å². The van der Waals surface area contributed by atoms with Gasteiger partial charge in [0.15, 0.2) is 0 Å². The molecule has 0 fully saturated rings. The van der Waals surface area contributed by atoms with Crippen LogP contribution in [0.2, 0.25) is 0 Å². The lowest BCUT2D eigenvalue weighted by Crippen LogP contribution is -1.96. The Kier molecular flexibility index (Phi) is 4.71. The molecule has 0 amide bonds. The molecule has 0 saturated heterocycles. The van der Waals surface area contributed by atoms with Crippen LogP contribution in [0.5, 0.6) is 17.4 Å². The van der Waals surface area contributed by atoms with Crippen LogP contribution >= 0.6 is 15.9 Å². The number of hydrogen-bond donors (Lipinski definition) is 0. The van der Waals surface area contributed by atoms with Gasteiger partial charge in [-0.05, 0) is 35.9 Å². The first-order valence-corrected chi connectivity index (χ1v) is 7.65. The number of aromatic nitrogens is 1. The van der Waals surface area contributed by atoms with Crippen molar-refractivity contribution in [3.8, 4) is 17.4 Å². The second-order valence-electron chi connectivity index (χ2n) is 4.66. The molecule has 3 rings (SSSR count). The van der Waals surface area contributed by atoms with Gasteiger partial charge in [-0.2, -0.15) is 0 Å². The van der Waals surface area contributed by atoms with Gasteiger partial charge in [-0.15, -0.1) is 0 Å². The Morgan fingerprint density at radius 3 is 2.23 bits per heavy atom. The molecular formula is C18H14BrNO2. The van der Waals surface area contributed by atoms with Crippen LogP contribution in [0.3, 0.4) is 0 Å². The summed E-state index contributed by atoms with van der Waals surface area (Å²) in [6.07, 6.45) is 1.66. The van der Waals surface area contributed by atoms with Crippen LogP contribution < -0.4 is 9.47 Å². The molecule has 0 aliphatic heterocycles. The molecule has 3 nitrogen and oxygen atoms in total. The average Bonchev–Trinajstić information content (AvgIpc) is 2.57. The maximum Gasteiger partial charge on any atom is 0.213 e. The Hall–Kier alpha value is -2.33. The van der Waals surface area contributed by atoms with Gasteiger partial charge in [0.1, 0.15) is 18.1 Å². The molecule has 0 radical (unpaired) electrons. The van der Waals surface area contributed by atoms with E-state index in [1.807, 2.05) is 60.7 Å². The molecule has 1 heterocycles. The summed E-state index contributed by atoms with van der Waals surface area (Å²) in [7, 11) is 0. The van der Waals surface area contributed by atoms with Crippen molar-refractivity contribution in [1.29, 1.82) is 0 Å². The molecule has 110 valence electrons.